The molecule has 0 atom stereocenters. The third-order valence-corrected chi connectivity index (χ3v) is 0.937. The van der Waals surface area contributed by atoms with Gasteiger partial charge < -0.3 is 4.84 Å². The van der Waals surface area contributed by atoms with Crippen molar-refractivity contribution in [3.63, 3.8) is 0 Å². The van der Waals surface area contributed by atoms with Gasteiger partial charge in [-0.15, -0.1) is 0 Å². The first kappa shape index (κ1) is 6.41. The number of rotatable bonds is 1. The normalized spacial score (nSPS) is 16.3. The van der Waals surface area contributed by atoms with Crippen molar-refractivity contribution in [2.24, 2.45) is 4.99 Å². The Kier molecular flexibility index (Phi) is 1.94. The van der Waals surface area contributed by atoms with Gasteiger partial charge in [0.15, 0.2) is 0 Å². The average molecular weight is 146 g/mol. The van der Waals surface area contributed by atoms with Gasteiger partial charge in [-0.05, 0) is 0 Å². The molecule has 1 aliphatic heterocycles. The van der Waals surface area contributed by atoms with Crippen LogP contribution in [0.3, 0.4) is 0 Å². The van der Waals surface area contributed by atoms with E-state index in [1.54, 1.807) is 0 Å². The second-order valence-corrected chi connectivity index (χ2v) is 1.88. The zero-order chi connectivity index (χ0) is 6.69. The highest BCUT2D eigenvalue weighted by atomic mass is 32.1. The standard InChI is InChI=1S/C4H6N2O2S/c7-4(9)8-6-2-1-5-3-6/h3H,1-2H2,(H,7,9). The Morgan fingerprint density at radius 1 is 1.89 bits per heavy atom. The highest BCUT2D eigenvalue weighted by molar-refractivity contribution is 7.96. The van der Waals surface area contributed by atoms with Gasteiger partial charge in [-0.1, -0.05) is 12.6 Å². The molecule has 1 rings (SSSR count). The van der Waals surface area contributed by atoms with Crippen LogP contribution in [0.5, 0.6) is 0 Å². The van der Waals surface area contributed by atoms with Crippen molar-refractivity contribution in [3.05, 3.63) is 0 Å². The predicted molar refractivity (Wildman–Crippen MR) is 35.5 cm³/mol. The van der Waals surface area contributed by atoms with Gasteiger partial charge in [0.05, 0.1) is 13.1 Å². The monoisotopic (exact) mass is 146 g/mol. The zero-order valence-corrected chi connectivity index (χ0v) is 5.54. The Bertz CT molecular complexity index is 148. The first-order chi connectivity index (χ1) is 4.29. The molecule has 0 saturated heterocycles. The van der Waals surface area contributed by atoms with Crippen LogP contribution in [0.1, 0.15) is 0 Å². The summed E-state index contributed by atoms with van der Waals surface area (Å²) in [4.78, 5) is 18.5. The summed E-state index contributed by atoms with van der Waals surface area (Å²) in [7, 11) is 0. The fourth-order valence-corrected chi connectivity index (χ4v) is 0.637. The van der Waals surface area contributed by atoms with E-state index in [9.17, 15) is 4.79 Å². The number of aliphatic imine (C=N–C) groups is 1. The van der Waals surface area contributed by atoms with Crippen LogP contribution < -0.4 is 0 Å². The van der Waals surface area contributed by atoms with Gasteiger partial charge in [0.2, 0.25) is 0 Å². The van der Waals surface area contributed by atoms with Crippen LogP contribution in [0.2, 0.25) is 0 Å². The summed E-state index contributed by atoms with van der Waals surface area (Å²) in [6.07, 6.45) is 1.47. The molecular weight excluding hydrogens is 140 g/mol. The fourth-order valence-electron chi connectivity index (χ4n) is 0.532. The van der Waals surface area contributed by atoms with Crippen molar-refractivity contribution in [3.8, 4) is 0 Å². The molecule has 0 amide bonds. The first-order valence-corrected chi connectivity index (χ1v) is 2.91. The number of nitrogens with zero attached hydrogens (tertiary/aromatic N) is 2. The van der Waals surface area contributed by atoms with E-state index in [-0.39, 0.29) is 0 Å². The lowest BCUT2D eigenvalue weighted by molar-refractivity contribution is -0.00501. The molecule has 0 saturated carbocycles. The van der Waals surface area contributed by atoms with Crippen LogP contribution in [0.4, 0.5) is 4.79 Å². The van der Waals surface area contributed by atoms with Gasteiger partial charge in [0, 0.05) is 0 Å². The van der Waals surface area contributed by atoms with Crippen molar-refractivity contribution in [1.29, 1.82) is 0 Å². The number of carbonyl (C=O) groups is 1. The second-order valence-electron chi connectivity index (χ2n) is 1.52. The van der Waals surface area contributed by atoms with Crippen LogP contribution in [-0.4, -0.2) is 29.8 Å². The van der Waals surface area contributed by atoms with Gasteiger partial charge in [0.25, 0.3) is 0 Å². The van der Waals surface area contributed by atoms with Gasteiger partial charge in [0.1, 0.15) is 6.34 Å². The van der Waals surface area contributed by atoms with E-state index in [4.69, 9.17) is 0 Å². The lowest BCUT2D eigenvalue weighted by Gasteiger charge is -2.09. The molecule has 0 aromatic carbocycles. The second kappa shape index (κ2) is 2.72. The summed E-state index contributed by atoms with van der Waals surface area (Å²) in [5, 5.41) is 0.735. The van der Waals surface area contributed by atoms with Gasteiger partial charge in [-0.25, -0.2) is 4.79 Å². The molecule has 0 spiro atoms. The van der Waals surface area contributed by atoms with Gasteiger partial charge >= 0.3 is 5.30 Å². The molecule has 1 heterocycles. The molecule has 50 valence electrons. The number of hydroxylamine groups is 2. The minimum Gasteiger partial charge on any atom is -0.329 e. The minimum absolute atomic E-state index is 0.608. The number of hydrogen-bond acceptors (Lipinski definition) is 4. The third kappa shape index (κ3) is 1.93. The molecular formula is C4H6N2O2S. The van der Waals surface area contributed by atoms with E-state index < -0.39 is 5.30 Å². The Balaban J connectivity index is 2.28. The molecule has 0 fully saturated rings. The lowest BCUT2D eigenvalue weighted by atomic mass is 10.7. The maximum absolute atomic E-state index is 10.1. The third-order valence-electron chi connectivity index (χ3n) is 0.855. The Hall–Kier alpha value is -0.710. The van der Waals surface area contributed by atoms with Crippen molar-refractivity contribution >= 4 is 24.3 Å². The maximum Gasteiger partial charge on any atom is 0.388 e. The van der Waals surface area contributed by atoms with E-state index in [0.29, 0.717) is 13.1 Å². The zero-order valence-electron chi connectivity index (χ0n) is 4.65. The summed E-state index contributed by atoms with van der Waals surface area (Å²) in [6.45, 7) is 1.31. The smallest absolute Gasteiger partial charge is 0.329 e. The van der Waals surface area contributed by atoms with Crippen molar-refractivity contribution in [1.82, 2.24) is 5.06 Å². The first-order valence-electron chi connectivity index (χ1n) is 2.46. The quantitative estimate of drug-likeness (QED) is 0.541. The number of carbonyl (C=O) groups excluding carboxylic acids is 1. The summed E-state index contributed by atoms with van der Waals surface area (Å²) in [5.41, 5.74) is 0. The summed E-state index contributed by atoms with van der Waals surface area (Å²) in [6, 6.07) is 0. The molecule has 0 radical (unpaired) electrons. The Morgan fingerprint density at radius 3 is 3.11 bits per heavy atom. The van der Waals surface area contributed by atoms with Crippen LogP contribution in [0.25, 0.3) is 0 Å². The van der Waals surface area contributed by atoms with Crippen LogP contribution in [0.15, 0.2) is 4.99 Å². The molecule has 0 aromatic rings. The summed E-state index contributed by atoms with van der Waals surface area (Å²) >= 11 is 3.41. The van der Waals surface area contributed by atoms with E-state index in [1.807, 2.05) is 0 Å². The molecule has 0 bridgehead atoms. The van der Waals surface area contributed by atoms with Gasteiger partial charge in [-0.3, -0.25) is 4.99 Å². The Morgan fingerprint density at radius 2 is 2.67 bits per heavy atom. The number of thiol groups is 1. The molecule has 9 heavy (non-hydrogen) atoms. The molecule has 0 N–H and O–H groups in total. The molecule has 0 aliphatic carbocycles. The van der Waals surface area contributed by atoms with E-state index in [1.165, 1.54) is 11.4 Å². The molecule has 0 unspecified atom stereocenters. The Labute approximate surface area is 57.9 Å². The average Bonchev–Trinajstić information content (AvgIpc) is 2.15. The number of hydrogen-bond donors (Lipinski definition) is 1. The van der Waals surface area contributed by atoms with Crippen LogP contribution in [-0.2, 0) is 4.84 Å². The minimum atomic E-state index is -0.608. The van der Waals surface area contributed by atoms with Gasteiger partial charge in [-0.2, -0.15) is 5.06 Å². The van der Waals surface area contributed by atoms with Crippen molar-refractivity contribution in [2.75, 3.05) is 13.1 Å². The van der Waals surface area contributed by atoms with Crippen LogP contribution in [0, 0.1) is 0 Å². The van der Waals surface area contributed by atoms with E-state index in [0.717, 1.165) is 0 Å². The van der Waals surface area contributed by atoms with E-state index in [2.05, 4.69) is 22.5 Å². The summed E-state index contributed by atoms with van der Waals surface area (Å²) in [5.74, 6) is 0. The van der Waals surface area contributed by atoms with Crippen LogP contribution >= 0.6 is 12.6 Å². The summed E-state index contributed by atoms with van der Waals surface area (Å²) < 4.78 is 0. The molecule has 1 aliphatic rings. The molecule has 4 nitrogen and oxygen atoms in total. The lowest BCUT2D eigenvalue weighted by Crippen LogP contribution is -2.21. The molecule has 5 heteroatoms. The maximum atomic E-state index is 10.1. The predicted octanol–water partition coefficient (Wildman–Crippen LogP) is 0.312. The fraction of sp³-hybridized carbons (Fsp3) is 0.500. The van der Waals surface area contributed by atoms with Crippen molar-refractivity contribution in [2.45, 2.75) is 0 Å². The topological polar surface area (TPSA) is 41.9 Å². The largest absolute Gasteiger partial charge is 0.388 e. The molecule has 0 aromatic heterocycles. The highest BCUT2D eigenvalue weighted by Gasteiger charge is 2.07. The van der Waals surface area contributed by atoms with Crippen molar-refractivity contribution < 1.29 is 9.63 Å². The SMILES string of the molecule is O=C(S)ON1C=NCC1. The highest BCUT2D eigenvalue weighted by Crippen LogP contribution is 1.96. The van der Waals surface area contributed by atoms with E-state index >= 15 is 0 Å².